The van der Waals surface area contributed by atoms with E-state index >= 15 is 0 Å². The fraction of sp³-hybridized carbons (Fsp3) is 0.756. The second kappa shape index (κ2) is 29.6. The molecule has 2 fully saturated rings. The van der Waals surface area contributed by atoms with Crippen LogP contribution in [0.5, 0.6) is 0 Å². The Balaban J connectivity index is 2.20. The lowest BCUT2D eigenvalue weighted by molar-refractivity contribution is -0.333. The van der Waals surface area contributed by atoms with Gasteiger partial charge in [0.05, 0.1) is 19.8 Å². The summed E-state index contributed by atoms with van der Waals surface area (Å²) in [7, 11) is 0. The number of unbranched alkanes of at least 4 members (excludes halogenated alkanes) is 1. The molecule has 0 aliphatic carbocycles. The van der Waals surface area contributed by atoms with Gasteiger partial charge in [-0.1, -0.05) is 0 Å². The Morgan fingerprint density at radius 2 is 1.17 bits per heavy atom. The zero-order chi connectivity index (χ0) is 53.9. The molecule has 8 amide bonds. The molecule has 0 aromatic rings. The van der Waals surface area contributed by atoms with E-state index < -0.39 is 183 Å². The molecule has 2 aliphatic heterocycles. The second-order valence-electron chi connectivity index (χ2n) is 16.9. The molecule has 71 heavy (non-hydrogen) atoms. The van der Waals surface area contributed by atoms with Gasteiger partial charge in [0.2, 0.25) is 47.3 Å². The molecular weight excluding hydrogens is 954 g/mol. The molecule has 0 aromatic heterocycles. The first-order chi connectivity index (χ1) is 33.3. The van der Waals surface area contributed by atoms with Crippen LogP contribution in [0.3, 0.4) is 0 Å². The number of hydrogen-bond donors (Lipinski definition) is 16. The molecule has 0 aromatic carbocycles. The third-order valence-electron chi connectivity index (χ3n) is 11.1. The maximum absolute atomic E-state index is 13.5. The van der Waals surface area contributed by atoms with Crippen LogP contribution in [0.1, 0.15) is 73.6 Å². The lowest BCUT2D eigenvalue weighted by atomic mass is 9.94. The molecule has 2 saturated heterocycles. The number of aliphatic hydroxyl groups excluding tert-OH is 5. The lowest BCUT2D eigenvalue weighted by Gasteiger charge is -2.48. The summed E-state index contributed by atoms with van der Waals surface area (Å²) in [5.41, 5.74) is 5.28. The van der Waals surface area contributed by atoms with E-state index in [9.17, 15) is 78.6 Å². The molecule has 16 atom stereocenters. The van der Waals surface area contributed by atoms with Crippen molar-refractivity contribution in [2.75, 3.05) is 26.3 Å². The molecule has 0 radical (unpaired) electrons. The van der Waals surface area contributed by atoms with Crippen LogP contribution in [0.2, 0.25) is 0 Å². The summed E-state index contributed by atoms with van der Waals surface area (Å²) in [6.45, 7) is 5.17. The van der Waals surface area contributed by atoms with Crippen LogP contribution in [0.15, 0.2) is 0 Å². The topological polar surface area (TPSA) is 471 Å². The van der Waals surface area contributed by atoms with E-state index in [1.807, 2.05) is 0 Å². The minimum atomic E-state index is -1.91. The van der Waals surface area contributed by atoms with Crippen LogP contribution < -0.4 is 48.3 Å². The molecular formula is C41H69N9O21. The standard InChI is InChI=1S/C41H69N9O21/c1-16(34(59)46-18(3)38(63)64)45-37(62)22(9-7-8-12-43-27(56)13-42)49-26(55)11-10-23(39(65)66)50-35(60)17(2)44-36(61)19(4)68-33-29(48-21(6)54)40(67)69-25(15-52)32(33)71-41-28(47-20(5)53)31(58)30(57)24(14-51)70-41/h16-19,22-25,28-33,40-41,51-52,57-58,67H,7-15,42H2,1-6H3,(H,43,56)(H,44,61)(H,45,62)(H,46,59)(H,47,53)(H,48,54)(H,49,55)(H,50,60)(H,63,64)(H,65,66). The smallest absolute Gasteiger partial charge is 0.326 e. The molecule has 2 aliphatic rings. The summed E-state index contributed by atoms with van der Waals surface area (Å²) in [6, 6.07) is -10.1. The monoisotopic (exact) mass is 1020 g/mol. The van der Waals surface area contributed by atoms with Gasteiger partial charge < -0.3 is 103 Å². The molecule has 404 valence electrons. The van der Waals surface area contributed by atoms with E-state index in [2.05, 4.69) is 42.5 Å². The van der Waals surface area contributed by atoms with Gasteiger partial charge in [-0.3, -0.25) is 43.2 Å². The first kappa shape index (κ1) is 61.4. The van der Waals surface area contributed by atoms with Crippen LogP contribution in [0.4, 0.5) is 0 Å². The van der Waals surface area contributed by atoms with Crippen LogP contribution in [0, 0.1) is 0 Å². The number of aliphatic carboxylic acids is 2. The van der Waals surface area contributed by atoms with Gasteiger partial charge in [0.25, 0.3) is 0 Å². The van der Waals surface area contributed by atoms with Crippen molar-refractivity contribution in [3.63, 3.8) is 0 Å². The quantitative estimate of drug-likeness (QED) is 0.0324. The fourth-order valence-electron chi connectivity index (χ4n) is 7.13. The third kappa shape index (κ3) is 19.4. The Morgan fingerprint density at radius 1 is 0.606 bits per heavy atom. The van der Waals surface area contributed by atoms with E-state index in [4.69, 9.17) is 29.8 Å². The van der Waals surface area contributed by atoms with Crippen LogP contribution in [-0.4, -0.2) is 219 Å². The van der Waals surface area contributed by atoms with Gasteiger partial charge in [-0.15, -0.1) is 0 Å². The number of carboxylic acids is 2. The molecule has 0 bridgehead atoms. The van der Waals surface area contributed by atoms with Crippen LogP contribution in [-0.2, 0) is 66.9 Å². The van der Waals surface area contributed by atoms with Crippen molar-refractivity contribution in [3.05, 3.63) is 0 Å². The summed E-state index contributed by atoms with van der Waals surface area (Å²) in [5.74, 6) is -9.42. The Hall–Kier alpha value is -5.70. The minimum absolute atomic E-state index is 0.0265. The maximum atomic E-state index is 13.5. The summed E-state index contributed by atoms with van der Waals surface area (Å²) in [5, 5.41) is 90.1. The number of rotatable bonds is 28. The highest BCUT2D eigenvalue weighted by Gasteiger charge is 2.53. The molecule has 30 nitrogen and oxygen atoms in total. The predicted molar refractivity (Wildman–Crippen MR) is 237 cm³/mol. The second-order valence-corrected chi connectivity index (χ2v) is 16.9. The molecule has 2 heterocycles. The number of nitrogens with two attached hydrogens (primary N) is 1. The zero-order valence-corrected chi connectivity index (χ0v) is 40.0. The van der Waals surface area contributed by atoms with Crippen LogP contribution >= 0.6 is 0 Å². The minimum Gasteiger partial charge on any atom is -0.480 e. The summed E-state index contributed by atoms with van der Waals surface area (Å²) < 4.78 is 23.2. The number of nitrogens with one attached hydrogen (secondary N) is 8. The molecule has 16 unspecified atom stereocenters. The average molecular weight is 1020 g/mol. The van der Waals surface area contributed by atoms with Crippen molar-refractivity contribution in [3.8, 4) is 0 Å². The Kier molecular flexibility index (Phi) is 25.6. The van der Waals surface area contributed by atoms with Crippen molar-refractivity contribution in [1.82, 2.24) is 42.5 Å². The van der Waals surface area contributed by atoms with Gasteiger partial charge in [-0.2, -0.15) is 0 Å². The van der Waals surface area contributed by atoms with Gasteiger partial charge in [-0.05, 0) is 53.4 Å². The molecule has 0 saturated carbocycles. The number of amides is 8. The van der Waals surface area contributed by atoms with Crippen molar-refractivity contribution >= 4 is 59.2 Å². The highest BCUT2D eigenvalue weighted by atomic mass is 16.7. The Bertz CT molecular complexity index is 1870. The van der Waals surface area contributed by atoms with Crippen molar-refractivity contribution in [2.24, 2.45) is 5.73 Å². The van der Waals surface area contributed by atoms with Gasteiger partial charge in [0.15, 0.2) is 12.6 Å². The normalized spacial score (nSPS) is 26.6. The van der Waals surface area contributed by atoms with Gasteiger partial charge in [-0.25, -0.2) is 4.79 Å². The average Bonchev–Trinajstić information content (AvgIpc) is 3.30. The molecule has 17 N–H and O–H groups in total. The maximum Gasteiger partial charge on any atom is 0.326 e. The molecule has 0 spiro atoms. The van der Waals surface area contributed by atoms with Gasteiger partial charge in [0.1, 0.15) is 85.0 Å². The summed E-state index contributed by atoms with van der Waals surface area (Å²) >= 11 is 0. The number of hydrogen-bond acceptors (Lipinski definition) is 20. The SMILES string of the molecule is CC(=O)NC1C(OC2C(CO)OC(O)C(NC(C)=O)C2OC(C)C(=O)NC(C)C(=O)NC(CCC(=O)NC(CCCCNC(=O)CN)C(=O)NC(C)C(=O)NC(C)C(=O)O)C(=O)O)OC(CO)C(O)C1O. The van der Waals surface area contributed by atoms with Gasteiger partial charge >= 0.3 is 11.9 Å². The van der Waals surface area contributed by atoms with Crippen molar-refractivity contribution in [1.29, 1.82) is 0 Å². The summed E-state index contributed by atoms with van der Waals surface area (Å²) in [4.78, 5) is 125. The zero-order valence-electron chi connectivity index (χ0n) is 40.0. The van der Waals surface area contributed by atoms with Crippen LogP contribution in [0.25, 0.3) is 0 Å². The first-order valence-corrected chi connectivity index (χ1v) is 22.6. The summed E-state index contributed by atoms with van der Waals surface area (Å²) in [6.07, 6.45) is -15.6. The molecule has 30 heteroatoms. The predicted octanol–water partition coefficient (Wildman–Crippen LogP) is -8.02. The van der Waals surface area contributed by atoms with Crippen molar-refractivity contribution in [2.45, 2.75) is 171 Å². The molecule has 2 rings (SSSR count). The van der Waals surface area contributed by atoms with E-state index in [-0.39, 0.29) is 25.9 Å². The van der Waals surface area contributed by atoms with E-state index in [0.717, 1.165) is 13.8 Å². The third-order valence-corrected chi connectivity index (χ3v) is 11.1. The van der Waals surface area contributed by atoms with E-state index in [1.54, 1.807) is 0 Å². The highest BCUT2D eigenvalue weighted by molar-refractivity contribution is 5.94. The number of carbonyl (C=O) groups excluding carboxylic acids is 8. The number of ether oxygens (including phenoxy) is 4. The fourth-order valence-corrected chi connectivity index (χ4v) is 7.13. The Morgan fingerprint density at radius 3 is 1.72 bits per heavy atom. The lowest BCUT2D eigenvalue weighted by Crippen LogP contribution is -2.70. The highest BCUT2D eigenvalue weighted by Crippen LogP contribution is 2.31. The number of aliphatic hydroxyl groups is 5. The number of carboxylic acid groups (broad SMARTS) is 2. The van der Waals surface area contributed by atoms with E-state index in [0.29, 0.717) is 6.42 Å². The largest absolute Gasteiger partial charge is 0.480 e. The Labute approximate surface area is 407 Å². The van der Waals surface area contributed by atoms with Gasteiger partial charge in [0, 0.05) is 26.8 Å². The van der Waals surface area contributed by atoms with E-state index in [1.165, 1.54) is 27.7 Å². The van der Waals surface area contributed by atoms with Crippen molar-refractivity contribution < 1.29 is 103 Å². The first-order valence-electron chi connectivity index (χ1n) is 22.6. The number of carbonyl (C=O) groups is 10.